The molecule has 0 bridgehead atoms. The molecule has 0 spiro atoms. The highest BCUT2D eigenvalue weighted by atomic mass is 32.2. The predicted octanol–water partition coefficient (Wildman–Crippen LogP) is 1.86. The van der Waals surface area contributed by atoms with Crippen LogP contribution in [0.1, 0.15) is 6.42 Å². The molecule has 2 heterocycles. The molecule has 4 nitrogen and oxygen atoms in total. The van der Waals surface area contributed by atoms with Crippen molar-refractivity contribution in [2.45, 2.75) is 13.0 Å². The molecule has 0 aromatic carbocycles. The van der Waals surface area contributed by atoms with Gasteiger partial charge in [0.2, 0.25) is 0 Å². The monoisotopic (exact) mass is 255 g/mol. The summed E-state index contributed by atoms with van der Waals surface area (Å²) >= 11 is 5.24. The Bertz CT molecular complexity index is 573. The van der Waals surface area contributed by atoms with Crippen molar-refractivity contribution in [3.8, 4) is 0 Å². The Morgan fingerprint density at radius 2 is 2.44 bits per heavy atom. The first-order chi connectivity index (χ1) is 7.68. The quantitative estimate of drug-likeness (QED) is 0.848. The molecule has 1 atom stereocenters. The maximum Gasteiger partial charge on any atom is 0.178 e. The van der Waals surface area contributed by atoms with E-state index in [9.17, 15) is 4.21 Å². The third-order valence-electron chi connectivity index (χ3n) is 2.39. The number of fused-ring (bicyclic) bond motifs is 1. The first kappa shape index (κ1) is 11.5. The minimum Gasteiger partial charge on any atom is -0.329 e. The van der Waals surface area contributed by atoms with Gasteiger partial charge in [0.25, 0.3) is 0 Å². The maximum atomic E-state index is 11.0. The number of aryl methyl sites for hydroxylation is 1. The van der Waals surface area contributed by atoms with Crippen molar-refractivity contribution < 1.29 is 4.21 Å². The lowest BCUT2D eigenvalue weighted by molar-refractivity contribution is 0.665. The molecule has 2 rings (SSSR count). The molecule has 0 amide bonds. The van der Waals surface area contributed by atoms with Crippen LogP contribution in [0.15, 0.2) is 18.5 Å². The summed E-state index contributed by atoms with van der Waals surface area (Å²) in [7, 11) is -0.737. The number of H-pyrrole nitrogens is 1. The van der Waals surface area contributed by atoms with Crippen molar-refractivity contribution in [3.63, 3.8) is 0 Å². The molecule has 0 aliphatic rings. The minimum atomic E-state index is -0.737. The second-order valence-electron chi connectivity index (χ2n) is 3.61. The molecule has 1 unspecified atom stereocenters. The number of aromatic amines is 1. The van der Waals surface area contributed by atoms with Crippen LogP contribution in [0.3, 0.4) is 0 Å². The van der Waals surface area contributed by atoms with Gasteiger partial charge in [0.1, 0.15) is 0 Å². The molecule has 0 aliphatic heterocycles. The van der Waals surface area contributed by atoms with Crippen LogP contribution in [0.4, 0.5) is 0 Å². The van der Waals surface area contributed by atoms with Crippen LogP contribution in [0.25, 0.3) is 11.0 Å². The zero-order valence-electron chi connectivity index (χ0n) is 8.97. The fraction of sp³-hybridized carbons (Fsp3) is 0.400. The second-order valence-corrected chi connectivity index (χ2v) is 5.55. The number of aromatic nitrogens is 3. The van der Waals surface area contributed by atoms with Gasteiger partial charge >= 0.3 is 0 Å². The summed E-state index contributed by atoms with van der Waals surface area (Å²) in [4.78, 5) is 7.14. The fourth-order valence-electron chi connectivity index (χ4n) is 1.66. The van der Waals surface area contributed by atoms with Gasteiger partial charge in [-0.15, -0.1) is 0 Å². The molecule has 16 heavy (non-hydrogen) atoms. The van der Waals surface area contributed by atoms with Crippen molar-refractivity contribution in [3.05, 3.63) is 23.2 Å². The molecule has 1 N–H and O–H groups in total. The van der Waals surface area contributed by atoms with Gasteiger partial charge in [-0.1, -0.05) is 0 Å². The van der Waals surface area contributed by atoms with Gasteiger partial charge in [-0.3, -0.25) is 9.19 Å². The molecule has 0 saturated carbocycles. The average molecular weight is 255 g/mol. The van der Waals surface area contributed by atoms with Crippen LogP contribution in [0, 0.1) is 4.77 Å². The van der Waals surface area contributed by atoms with E-state index in [1.54, 1.807) is 18.6 Å². The Labute approximate surface area is 101 Å². The molecule has 0 saturated heterocycles. The van der Waals surface area contributed by atoms with Gasteiger partial charge < -0.3 is 9.55 Å². The van der Waals surface area contributed by atoms with E-state index in [0.717, 1.165) is 24.0 Å². The van der Waals surface area contributed by atoms with E-state index >= 15 is 0 Å². The van der Waals surface area contributed by atoms with Crippen molar-refractivity contribution >= 4 is 34.1 Å². The van der Waals surface area contributed by atoms with Crippen LogP contribution >= 0.6 is 12.2 Å². The van der Waals surface area contributed by atoms with Gasteiger partial charge in [0.15, 0.2) is 4.77 Å². The Balaban J connectivity index is 2.26. The normalized spacial score (nSPS) is 13.1. The van der Waals surface area contributed by atoms with Crippen molar-refractivity contribution in [2.24, 2.45) is 0 Å². The van der Waals surface area contributed by atoms with Gasteiger partial charge in [-0.25, -0.2) is 0 Å². The lowest BCUT2D eigenvalue weighted by Gasteiger charge is -2.02. The van der Waals surface area contributed by atoms with E-state index in [4.69, 9.17) is 12.2 Å². The topological polar surface area (TPSA) is 50.7 Å². The molecule has 86 valence electrons. The molecule has 6 heteroatoms. The summed E-state index contributed by atoms with van der Waals surface area (Å²) in [5.74, 6) is 0.708. The highest BCUT2D eigenvalue weighted by Gasteiger charge is 2.03. The number of hydrogen-bond acceptors (Lipinski definition) is 3. The third-order valence-corrected chi connectivity index (χ3v) is 3.58. The van der Waals surface area contributed by atoms with Crippen molar-refractivity contribution in [1.82, 2.24) is 14.5 Å². The summed E-state index contributed by atoms with van der Waals surface area (Å²) in [6.07, 6.45) is 6.10. The second kappa shape index (κ2) is 4.88. The molecular formula is C10H13N3OS2. The number of rotatable bonds is 4. The van der Waals surface area contributed by atoms with Crippen LogP contribution in [0.2, 0.25) is 0 Å². The smallest absolute Gasteiger partial charge is 0.178 e. The largest absolute Gasteiger partial charge is 0.329 e. The van der Waals surface area contributed by atoms with Crippen molar-refractivity contribution in [2.75, 3.05) is 12.0 Å². The summed E-state index contributed by atoms with van der Waals surface area (Å²) < 4.78 is 13.7. The highest BCUT2D eigenvalue weighted by molar-refractivity contribution is 7.84. The summed E-state index contributed by atoms with van der Waals surface area (Å²) in [6.45, 7) is 0.794. The summed E-state index contributed by atoms with van der Waals surface area (Å²) in [5.41, 5.74) is 2.01. The predicted molar refractivity (Wildman–Crippen MR) is 68.5 cm³/mol. The third kappa shape index (κ3) is 2.38. The van der Waals surface area contributed by atoms with Gasteiger partial charge in [-0.05, 0) is 24.7 Å². The highest BCUT2D eigenvalue weighted by Crippen LogP contribution is 2.12. The molecule has 0 radical (unpaired) electrons. The Morgan fingerprint density at radius 1 is 1.62 bits per heavy atom. The number of nitrogens with one attached hydrogen (secondary N) is 1. The van der Waals surface area contributed by atoms with Crippen LogP contribution in [0.5, 0.6) is 0 Å². The molecular weight excluding hydrogens is 242 g/mol. The van der Waals surface area contributed by atoms with E-state index in [-0.39, 0.29) is 0 Å². The van der Waals surface area contributed by atoms with Gasteiger partial charge in [0.05, 0.1) is 17.2 Å². The van der Waals surface area contributed by atoms with Crippen LogP contribution in [-0.4, -0.2) is 30.8 Å². The lowest BCUT2D eigenvalue weighted by Crippen LogP contribution is -2.03. The summed E-state index contributed by atoms with van der Waals surface area (Å²) in [5, 5.41) is 0. The molecule has 2 aromatic heterocycles. The molecule has 0 aliphatic carbocycles. The standard InChI is InChI=1S/C10H13N3OS2/c1-16(14)6-2-5-13-9-3-4-11-7-8(9)12-10(13)15/h3-4,7H,2,5-6H2,1H3,(H,12,15). The van der Waals surface area contributed by atoms with Crippen LogP contribution < -0.4 is 0 Å². The number of imidazole rings is 1. The Morgan fingerprint density at radius 3 is 3.19 bits per heavy atom. The van der Waals surface area contributed by atoms with E-state index in [1.165, 1.54) is 0 Å². The first-order valence-electron chi connectivity index (χ1n) is 5.01. The van der Waals surface area contributed by atoms with Crippen LogP contribution in [-0.2, 0) is 17.3 Å². The first-order valence-corrected chi connectivity index (χ1v) is 7.14. The van der Waals surface area contributed by atoms with Gasteiger partial charge in [0, 0.05) is 35.5 Å². The fourth-order valence-corrected chi connectivity index (χ4v) is 2.49. The Kier molecular flexibility index (Phi) is 3.50. The summed E-state index contributed by atoms with van der Waals surface area (Å²) in [6, 6.07) is 1.94. The maximum absolute atomic E-state index is 11.0. The van der Waals surface area contributed by atoms with E-state index in [0.29, 0.717) is 10.5 Å². The van der Waals surface area contributed by atoms with Gasteiger partial charge in [-0.2, -0.15) is 0 Å². The van der Waals surface area contributed by atoms with Crippen molar-refractivity contribution in [1.29, 1.82) is 0 Å². The molecule has 2 aromatic rings. The zero-order valence-corrected chi connectivity index (χ0v) is 10.6. The lowest BCUT2D eigenvalue weighted by atomic mass is 10.4. The number of nitrogens with zero attached hydrogens (tertiary/aromatic N) is 2. The zero-order chi connectivity index (χ0) is 11.5. The van der Waals surface area contributed by atoms with E-state index in [2.05, 4.69) is 9.97 Å². The number of pyridine rings is 1. The minimum absolute atomic E-state index is 0.699. The van der Waals surface area contributed by atoms with E-state index < -0.39 is 10.8 Å². The Hall–Kier alpha value is -1.01. The SMILES string of the molecule is CS(=O)CCCn1c(=S)[nH]c2cnccc21. The molecule has 0 fully saturated rings. The average Bonchev–Trinajstić information content (AvgIpc) is 2.55. The van der Waals surface area contributed by atoms with E-state index in [1.807, 2.05) is 10.6 Å². The number of hydrogen-bond donors (Lipinski definition) is 1.